The smallest absolute Gasteiger partial charge is 0.257 e. The van der Waals surface area contributed by atoms with Gasteiger partial charge in [0.15, 0.2) is 0 Å². The first kappa shape index (κ1) is 10.2. The van der Waals surface area contributed by atoms with Gasteiger partial charge in [0.25, 0.3) is 5.91 Å². The van der Waals surface area contributed by atoms with E-state index in [9.17, 15) is 4.79 Å². The first-order valence-corrected chi connectivity index (χ1v) is 5.32. The minimum atomic E-state index is 0.0406. The van der Waals surface area contributed by atoms with Crippen molar-refractivity contribution in [1.29, 1.82) is 0 Å². The van der Waals surface area contributed by atoms with E-state index in [0.717, 1.165) is 12.8 Å². The number of carbonyl (C=O) groups is 1. The van der Waals surface area contributed by atoms with Crippen molar-refractivity contribution in [2.45, 2.75) is 25.3 Å². The van der Waals surface area contributed by atoms with Crippen molar-refractivity contribution in [2.75, 3.05) is 13.1 Å². The molecule has 0 aromatic carbocycles. The summed E-state index contributed by atoms with van der Waals surface area (Å²) in [5, 5.41) is 6.44. The maximum atomic E-state index is 12.0. The van der Waals surface area contributed by atoms with Crippen LogP contribution in [0.3, 0.4) is 0 Å². The molecule has 5 heteroatoms. The van der Waals surface area contributed by atoms with Crippen LogP contribution in [-0.2, 0) is 0 Å². The predicted octanol–water partition coefficient (Wildman–Crippen LogP) is 0.363. The Balaban J connectivity index is 2.06. The van der Waals surface area contributed by atoms with Crippen LogP contribution < -0.4 is 5.73 Å². The number of aromatic amines is 1. The number of H-pyrrole nitrogens is 1. The van der Waals surface area contributed by atoms with Gasteiger partial charge >= 0.3 is 0 Å². The van der Waals surface area contributed by atoms with Gasteiger partial charge in [-0.3, -0.25) is 9.89 Å². The molecule has 1 fully saturated rings. The number of amides is 1. The lowest BCUT2D eigenvalue weighted by Gasteiger charge is -2.37. The number of nitrogens with two attached hydrogens (primary N) is 1. The highest BCUT2D eigenvalue weighted by molar-refractivity contribution is 5.94. The van der Waals surface area contributed by atoms with E-state index in [2.05, 4.69) is 10.2 Å². The molecule has 1 heterocycles. The Bertz CT molecular complexity index is 318. The molecule has 15 heavy (non-hydrogen) atoms. The second-order valence-corrected chi connectivity index (χ2v) is 3.86. The molecule has 0 saturated heterocycles. The van der Waals surface area contributed by atoms with E-state index in [1.807, 2.05) is 4.90 Å². The average molecular weight is 208 g/mol. The van der Waals surface area contributed by atoms with E-state index in [1.165, 1.54) is 6.42 Å². The van der Waals surface area contributed by atoms with Gasteiger partial charge in [-0.2, -0.15) is 5.10 Å². The Labute approximate surface area is 88.6 Å². The second kappa shape index (κ2) is 4.44. The quantitative estimate of drug-likeness (QED) is 0.750. The molecular weight excluding hydrogens is 192 g/mol. The molecule has 1 aliphatic rings. The number of hydrogen-bond acceptors (Lipinski definition) is 3. The Kier molecular flexibility index (Phi) is 3.01. The van der Waals surface area contributed by atoms with Crippen molar-refractivity contribution in [2.24, 2.45) is 5.73 Å². The topological polar surface area (TPSA) is 75.0 Å². The van der Waals surface area contributed by atoms with Gasteiger partial charge in [0.05, 0.1) is 11.8 Å². The van der Waals surface area contributed by atoms with E-state index in [0.29, 0.717) is 24.7 Å². The summed E-state index contributed by atoms with van der Waals surface area (Å²) in [6.07, 6.45) is 6.60. The van der Waals surface area contributed by atoms with Gasteiger partial charge in [0.2, 0.25) is 0 Å². The SMILES string of the molecule is NCCN(C(=O)c1cn[nH]c1)C1CCC1. The van der Waals surface area contributed by atoms with Crippen LogP contribution in [-0.4, -0.2) is 40.1 Å². The van der Waals surface area contributed by atoms with Crippen LogP contribution in [0.5, 0.6) is 0 Å². The lowest BCUT2D eigenvalue weighted by molar-refractivity contribution is 0.0589. The van der Waals surface area contributed by atoms with Crippen LogP contribution in [0.15, 0.2) is 12.4 Å². The van der Waals surface area contributed by atoms with Gasteiger partial charge < -0.3 is 10.6 Å². The minimum absolute atomic E-state index is 0.0406. The fraction of sp³-hybridized carbons (Fsp3) is 0.600. The zero-order valence-electron chi connectivity index (χ0n) is 8.65. The van der Waals surface area contributed by atoms with Crippen LogP contribution in [0.2, 0.25) is 0 Å². The summed E-state index contributed by atoms with van der Waals surface area (Å²) in [5.41, 5.74) is 6.14. The molecule has 1 aromatic rings. The number of hydrogen-bond donors (Lipinski definition) is 2. The van der Waals surface area contributed by atoms with Crippen molar-refractivity contribution < 1.29 is 4.79 Å². The molecule has 0 atom stereocenters. The molecule has 1 aromatic heterocycles. The normalized spacial score (nSPS) is 16.1. The van der Waals surface area contributed by atoms with Crippen LogP contribution in [0, 0.1) is 0 Å². The van der Waals surface area contributed by atoms with Crippen molar-refractivity contribution in [1.82, 2.24) is 15.1 Å². The zero-order chi connectivity index (χ0) is 10.7. The van der Waals surface area contributed by atoms with E-state index in [4.69, 9.17) is 5.73 Å². The second-order valence-electron chi connectivity index (χ2n) is 3.86. The largest absolute Gasteiger partial charge is 0.334 e. The number of nitrogens with one attached hydrogen (secondary N) is 1. The molecule has 3 N–H and O–H groups in total. The Morgan fingerprint density at radius 1 is 1.67 bits per heavy atom. The highest BCUT2D eigenvalue weighted by Crippen LogP contribution is 2.25. The number of nitrogens with zero attached hydrogens (tertiary/aromatic N) is 2. The molecule has 1 aliphatic carbocycles. The Hall–Kier alpha value is -1.36. The molecular formula is C10H16N4O. The van der Waals surface area contributed by atoms with Crippen LogP contribution in [0.1, 0.15) is 29.6 Å². The van der Waals surface area contributed by atoms with Gasteiger partial charge in [-0.05, 0) is 19.3 Å². The summed E-state index contributed by atoms with van der Waals surface area (Å²) < 4.78 is 0. The fourth-order valence-electron chi connectivity index (χ4n) is 1.82. The van der Waals surface area contributed by atoms with E-state index in [1.54, 1.807) is 12.4 Å². The van der Waals surface area contributed by atoms with Crippen LogP contribution in [0.25, 0.3) is 0 Å². The molecule has 2 rings (SSSR count). The van der Waals surface area contributed by atoms with Gasteiger partial charge in [-0.25, -0.2) is 0 Å². The third-order valence-corrected chi connectivity index (χ3v) is 2.89. The first-order valence-electron chi connectivity index (χ1n) is 5.32. The predicted molar refractivity (Wildman–Crippen MR) is 56.3 cm³/mol. The molecule has 1 saturated carbocycles. The van der Waals surface area contributed by atoms with Crippen molar-refractivity contribution >= 4 is 5.91 Å². The summed E-state index contributed by atoms with van der Waals surface area (Å²) in [6.45, 7) is 1.15. The van der Waals surface area contributed by atoms with Crippen LogP contribution in [0.4, 0.5) is 0 Å². The van der Waals surface area contributed by atoms with Gasteiger partial charge in [-0.15, -0.1) is 0 Å². The van der Waals surface area contributed by atoms with E-state index in [-0.39, 0.29) is 5.91 Å². The maximum Gasteiger partial charge on any atom is 0.257 e. The highest BCUT2D eigenvalue weighted by atomic mass is 16.2. The summed E-state index contributed by atoms with van der Waals surface area (Å²) in [4.78, 5) is 13.9. The summed E-state index contributed by atoms with van der Waals surface area (Å²) in [6, 6.07) is 0.385. The van der Waals surface area contributed by atoms with Gasteiger partial charge in [0.1, 0.15) is 0 Å². The summed E-state index contributed by atoms with van der Waals surface area (Å²) in [7, 11) is 0. The number of aromatic nitrogens is 2. The van der Waals surface area contributed by atoms with Crippen molar-refractivity contribution in [3.05, 3.63) is 18.0 Å². The lowest BCUT2D eigenvalue weighted by atomic mass is 9.91. The average Bonchev–Trinajstić information content (AvgIpc) is 2.66. The van der Waals surface area contributed by atoms with Gasteiger partial charge in [0, 0.05) is 25.3 Å². The molecule has 0 unspecified atom stereocenters. The van der Waals surface area contributed by atoms with Crippen LogP contribution >= 0.6 is 0 Å². The molecule has 0 spiro atoms. The Morgan fingerprint density at radius 2 is 2.47 bits per heavy atom. The molecule has 0 bridgehead atoms. The molecule has 5 nitrogen and oxygen atoms in total. The highest BCUT2D eigenvalue weighted by Gasteiger charge is 2.28. The third-order valence-electron chi connectivity index (χ3n) is 2.89. The van der Waals surface area contributed by atoms with Crippen molar-refractivity contribution in [3.63, 3.8) is 0 Å². The molecule has 82 valence electrons. The third kappa shape index (κ3) is 2.02. The number of rotatable bonds is 4. The van der Waals surface area contributed by atoms with E-state index < -0.39 is 0 Å². The monoisotopic (exact) mass is 208 g/mol. The Morgan fingerprint density at radius 3 is 2.93 bits per heavy atom. The van der Waals surface area contributed by atoms with Gasteiger partial charge in [-0.1, -0.05) is 0 Å². The lowest BCUT2D eigenvalue weighted by Crippen LogP contribution is -2.46. The first-order chi connectivity index (χ1) is 7.33. The standard InChI is InChI=1S/C10H16N4O/c11-4-5-14(9-2-1-3-9)10(15)8-6-12-13-7-8/h6-7,9H,1-5,11H2,(H,12,13). The zero-order valence-corrected chi connectivity index (χ0v) is 8.65. The minimum Gasteiger partial charge on any atom is -0.334 e. The maximum absolute atomic E-state index is 12.0. The summed E-state index contributed by atoms with van der Waals surface area (Å²) in [5.74, 6) is 0.0406. The van der Waals surface area contributed by atoms with Crippen molar-refractivity contribution in [3.8, 4) is 0 Å². The number of carbonyl (C=O) groups excluding carboxylic acids is 1. The molecule has 0 radical (unpaired) electrons. The fourth-order valence-corrected chi connectivity index (χ4v) is 1.82. The molecule has 1 amide bonds. The van der Waals surface area contributed by atoms with E-state index >= 15 is 0 Å². The molecule has 0 aliphatic heterocycles. The summed E-state index contributed by atoms with van der Waals surface area (Å²) >= 11 is 0.